The number of amides is 1. The third-order valence-corrected chi connectivity index (χ3v) is 7.69. The monoisotopic (exact) mass is 546 g/mol. The Kier molecular flexibility index (Phi) is 7.17. The fourth-order valence-electron chi connectivity index (χ4n) is 4.42. The first-order chi connectivity index (χ1) is 19.2. The van der Waals surface area contributed by atoms with E-state index in [2.05, 4.69) is 6.07 Å². The zero-order valence-electron chi connectivity index (χ0n) is 20.8. The fourth-order valence-corrected chi connectivity index (χ4v) is 5.59. The Labute approximate surface area is 236 Å². The number of carbonyl (C=O) groups excluding carboxylic acids is 1. The van der Waals surface area contributed by atoms with Gasteiger partial charge in [0.2, 0.25) is 0 Å². The third kappa shape index (κ3) is 5.32. The number of nitrogens with zero attached hydrogens (tertiary/aromatic N) is 2. The minimum absolute atomic E-state index is 0.133. The van der Waals surface area contributed by atoms with Gasteiger partial charge in [-0.25, -0.2) is 4.99 Å². The second-order valence-corrected chi connectivity index (χ2v) is 10.3. The van der Waals surface area contributed by atoms with E-state index in [9.17, 15) is 4.79 Å². The largest absolute Gasteiger partial charge is 0.488 e. The van der Waals surface area contributed by atoms with Crippen LogP contribution in [-0.2, 0) is 11.4 Å². The van der Waals surface area contributed by atoms with Crippen LogP contribution in [0.1, 0.15) is 11.1 Å². The Morgan fingerprint density at radius 2 is 1.49 bits per heavy atom. The number of anilines is 1. The van der Waals surface area contributed by atoms with Crippen LogP contribution in [0.5, 0.6) is 5.75 Å². The Balaban J connectivity index is 1.44. The molecule has 0 spiro atoms. The van der Waals surface area contributed by atoms with Crippen molar-refractivity contribution in [1.82, 2.24) is 0 Å². The van der Waals surface area contributed by atoms with E-state index in [-0.39, 0.29) is 5.91 Å². The zero-order chi connectivity index (χ0) is 26.6. The van der Waals surface area contributed by atoms with Gasteiger partial charge in [0.1, 0.15) is 12.4 Å². The minimum atomic E-state index is -0.133. The molecule has 1 fully saturated rings. The maximum absolute atomic E-state index is 13.9. The van der Waals surface area contributed by atoms with E-state index in [0.717, 1.165) is 33.3 Å². The van der Waals surface area contributed by atoms with Crippen LogP contribution in [0.2, 0.25) is 5.02 Å². The van der Waals surface area contributed by atoms with Crippen LogP contribution in [0.3, 0.4) is 0 Å². The van der Waals surface area contributed by atoms with Gasteiger partial charge >= 0.3 is 0 Å². The number of amidine groups is 1. The van der Waals surface area contributed by atoms with Crippen molar-refractivity contribution in [3.63, 3.8) is 0 Å². The van der Waals surface area contributed by atoms with Gasteiger partial charge in [-0.15, -0.1) is 0 Å². The summed E-state index contributed by atoms with van der Waals surface area (Å²) in [5.74, 6) is 0.542. The van der Waals surface area contributed by atoms with Gasteiger partial charge in [0.05, 0.1) is 16.3 Å². The van der Waals surface area contributed by atoms with Crippen molar-refractivity contribution in [3.8, 4) is 5.75 Å². The van der Waals surface area contributed by atoms with E-state index < -0.39 is 0 Å². The number of thioether (sulfide) groups is 1. The van der Waals surface area contributed by atoms with Gasteiger partial charge < -0.3 is 4.74 Å². The molecule has 5 aromatic rings. The Morgan fingerprint density at radius 1 is 0.795 bits per heavy atom. The molecule has 0 aliphatic carbocycles. The van der Waals surface area contributed by atoms with E-state index in [1.165, 1.54) is 11.8 Å². The smallest absolute Gasteiger partial charge is 0.271 e. The fraction of sp³-hybridized carbons (Fsp3) is 0.0303. The highest BCUT2D eigenvalue weighted by Gasteiger charge is 2.35. The summed E-state index contributed by atoms with van der Waals surface area (Å²) in [4.78, 5) is 20.9. The molecule has 1 amide bonds. The number of ether oxygens (including phenoxy) is 1. The molecule has 1 aliphatic heterocycles. The molecule has 5 aromatic carbocycles. The first-order valence-electron chi connectivity index (χ1n) is 12.5. The summed E-state index contributed by atoms with van der Waals surface area (Å²) in [7, 11) is 0. The molecule has 0 aromatic heterocycles. The van der Waals surface area contributed by atoms with Crippen molar-refractivity contribution in [3.05, 3.63) is 142 Å². The van der Waals surface area contributed by atoms with Crippen molar-refractivity contribution in [2.75, 3.05) is 4.90 Å². The van der Waals surface area contributed by atoms with Crippen LogP contribution in [0.4, 0.5) is 11.4 Å². The average molecular weight is 547 g/mol. The van der Waals surface area contributed by atoms with Crippen molar-refractivity contribution in [2.24, 2.45) is 4.99 Å². The normalized spacial score (nSPS) is 15.4. The maximum atomic E-state index is 13.9. The lowest BCUT2D eigenvalue weighted by Crippen LogP contribution is -2.28. The molecule has 4 nitrogen and oxygen atoms in total. The summed E-state index contributed by atoms with van der Waals surface area (Å²) in [6, 6.07) is 39.0. The SMILES string of the molecule is O=C1/C(=C\c2c(OCc3ccccc3Cl)ccc3ccccc23)SC(=Nc2ccccc2)N1c1ccccc1. The summed E-state index contributed by atoms with van der Waals surface area (Å²) in [6.07, 6.45) is 1.92. The third-order valence-electron chi connectivity index (χ3n) is 6.35. The van der Waals surface area contributed by atoms with E-state index >= 15 is 0 Å². The molecule has 0 radical (unpaired) electrons. The van der Waals surface area contributed by atoms with Gasteiger partial charge in [0, 0.05) is 16.1 Å². The highest BCUT2D eigenvalue weighted by Crippen LogP contribution is 2.40. The van der Waals surface area contributed by atoms with Crippen LogP contribution in [0.15, 0.2) is 131 Å². The summed E-state index contributed by atoms with van der Waals surface area (Å²) in [5.41, 5.74) is 3.28. The van der Waals surface area contributed by atoms with Crippen molar-refractivity contribution >= 4 is 62.7 Å². The first kappa shape index (κ1) is 25.0. The number of rotatable bonds is 6. The van der Waals surface area contributed by atoms with Crippen molar-refractivity contribution in [2.45, 2.75) is 6.61 Å². The van der Waals surface area contributed by atoms with Crippen LogP contribution < -0.4 is 9.64 Å². The molecule has 0 unspecified atom stereocenters. The quantitative estimate of drug-likeness (QED) is 0.200. The molecule has 6 rings (SSSR count). The van der Waals surface area contributed by atoms with Crippen molar-refractivity contribution in [1.29, 1.82) is 0 Å². The summed E-state index contributed by atoms with van der Waals surface area (Å²) in [6.45, 7) is 0.312. The summed E-state index contributed by atoms with van der Waals surface area (Å²) >= 11 is 7.74. The molecule has 39 heavy (non-hydrogen) atoms. The Morgan fingerprint density at radius 3 is 2.28 bits per heavy atom. The number of benzene rings is 5. The lowest BCUT2D eigenvalue weighted by Gasteiger charge is -2.15. The van der Waals surface area contributed by atoms with Crippen LogP contribution in [0, 0.1) is 0 Å². The van der Waals surface area contributed by atoms with E-state index in [4.69, 9.17) is 21.3 Å². The highest BCUT2D eigenvalue weighted by atomic mass is 35.5. The molecule has 0 atom stereocenters. The highest BCUT2D eigenvalue weighted by molar-refractivity contribution is 8.19. The second-order valence-electron chi connectivity index (χ2n) is 8.90. The standard InChI is InChI=1S/C33H23ClN2O2S/c34-29-18-10-8-12-24(29)22-38-30-20-19-23-11-7-9-17-27(23)28(30)21-31-32(37)36(26-15-5-2-6-16-26)33(39-31)35-25-13-3-1-4-14-25/h1-21H,22H2/b31-21+,35-33?. The number of hydrogen-bond donors (Lipinski definition) is 0. The number of carbonyl (C=O) groups is 1. The molecule has 0 bridgehead atoms. The summed E-state index contributed by atoms with van der Waals surface area (Å²) < 4.78 is 6.30. The number of aliphatic imine (C=N–C) groups is 1. The molecule has 190 valence electrons. The molecule has 1 aliphatic rings. The van der Waals surface area contributed by atoms with E-state index in [1.54, 1.807) is 4.90 Å². The Hall–Kier alpha value is -4.32. The van der Waals surface area contributed by atoms with Gasteiger partial charge in [-0.05, 0) is 65.0 Å². The van der Waals surface area contributed by atoms with Crippen LogP contribution in [0.25, 0.3) is 16.8 Å². The number of fused-ring (bicyclic) bond motifs is 1. The van der Waals surface area contributed by atoms with E-state index in [0.29, 0.717) is 27.5 Å². The molecule has 1 saturated heterocycles. The van der Waals surface area contributed by atoms with Gasteiger partial charge in [-0.1, -0.05) is 96.5 Å². The minimum Gasteiger partial charge on any atom is -0.488 e. The molecular weight excluding hydrogens is 524 g/mol. The van der Waals surface area contributed by atoms with Gasteiger partial charge in [-0.2, -0.15) is 0 Å². The summed E-state index contributed by atoms with van der Waals surface area (Å²) in [5, 5.41) is 3.31. The lowest BCUT2D eigenvalue weighted by molar-refractivity contribution is -0.113. The molecule has 1 heterocycles. The Bertz CT molecular complexity index is 1720. The molecule has 0 saturated carbocycles. The molecular formula is C33H23ClN2O2S. The topological polar surface area (TPSA) is 41.9 Å². The van der Waals surface area contributed by atoms with Gasteiger partial charge in [0.25, 0.3) is 5.91 Å². The van der Waals surface area contributed by atoms with E-state index in [1.807, 2.05) is 121 Å². The average Bonchev–Trinajstić information content (AvgIpc) is 3.28. The predicted octanol–water partition coefficient (Wildman–Crippen LogP) is 8.88. The van der Waals surface area contributed by atoms with Crippen LogP contribution in [-0.4, -0.2) is 11.1 Å². The predicted molar refractivity (Wildman–Crippen MR) is 163 cm³/mol. The first-order valence-corrected chi connectivity index (χ1v) is 13.7. The number of para-hydroxylation sites is 2. The number of halogens is 1. The molecule has 6 heteroatoms. The van der Waals surface area contributed by atoms with Gasteiger partial charge in [-0.3, -0.25) is 9.69 Å². The maximum Gasteiger partial charge on any atom is 0.271 e. The lowest BCUT2D eigenvalue weighted by atomic mass is 10.0. The molecule has 0 N–H and O–H groups in total. The number of hydrogen-bond acceptors (Lipinski definition) is 4. The second kappa shape index (κ2) is 11.2. The van der Waals surface area contributed by atoms with Gasteiger partial charge in [0.15, 0.2) is 5.17 Å². The zero-order valence-corrected chi connectivity index (χ0v) is 22.4. The van der Waals surface area contributed by atoms with Crippen molar-refractivity contribution < 1.29 is 9.53 Å². The van der Waals surface area contributed by atoms with Crippen LogP contribution >= 0.6 is 23.4 Å².